The molecule has 7 heavy (non-hydrogen) atoms. The van der Waals surface area contributed by atoms with E-state index in [0.717, 1.165) is 0 Å². The second-order valence-corrected chi connectivity index (χ2v) is 3.69. The number of hydrogen-bond donors (Lipinski definition) is 0. The van der Waals surface area contributed by atoms with Crippen LogP contribution in [-0.2, 0) is 10.9 Å². The molecule has 0 aliphatic rings. The lowest BCUT2D eigenvalue weighted by Gasteiger charge is -1.79. The van der Waals surface area contributed by atoms with E-state index in [1.807, 2.05) is 0 Å². The molecule has 1 heteroatoms. The van der Waals surface area contributed by atoms with Crippen LogP contribution >= 0.6 is 0 Å². The van der Waals surface area contributed by atoms with Gasteiger partial charge in [-0.15, -0.1) is 0 Å². The lowest BCUT2D eigenvalue weighted by atomic mass is 10.5. The van der Waals surface area contributed by atoms with Crippen LogP contribution in [0.4, 0.5) is 0 Å². The SMILES string of the molecule is CC/C=C/[S+](C)C. The minimum Gasteiger partial charge on any atom is -0.0617 e. The van der Waals surface area contributed by atoms with Crippen LogP contribution in [0.2, 0.25) is 0 Å². The Morgan fingerprint density at radius 1 is 1.43 bits per heavy atom. The molecule has 0 aliphatic carbocycles. The van der Waals surface area contributed by atoms with Crippen molar-refractivity contribution in [2.75, 3.05) is 12.5 Å². The van der Waals surface area contributed by atoms with Crippen molar-refractivity contribution in [1.82, 2.24) is 0 Å². The molecule has 0 radical (unpaired) electrons. The highest BCUT2D eigenvalue weighted by molar-refractivity contribution is 7.98. The highest BCUT2D eigenvalue weighted by Crippen LogP contribution is 1.87. The third-order valence-electron chi connectivity index (χ3n) is 0.604. The van der Waals surface area contributed by atoms with E-state index < -0.39 is 0 Å². The van der Waals surface area contributed by atoms with Crippen LogP contribution in [0.25, 0.3) is 0 Å². The van der Waals surface area contributed by atoms with Gasteiger partial charge in [-0.05, 0) is 12.5 Å². The first kappa shape index (κ1) is 7.09. The molecule has 0 rings (SSSR count). The molecule has 0 unspecified atom stereocenters. The standard InChI is InChI=1S/C6H13S/c1-4-5-6-7(2)3/h5-6H,4H2,1-3H3/q+1/b6-5+. The first-order valence-electron chi connectivity index (χ1n) is 2.50. The normalized spacial score (nSPS) is 11.4. The summed E-state index contributed by atoms with van der Waals surface area (Å²) >= 11 is 0. The molecule has 0 spiro atoms. The van der Waals surface area contributed by atoms with E-state index in [4.69, 9.17) is 0 Å². The molecule has 0 aliphatic heterocycles. The molecule has 42 valence electrons. The first-order valence-corrected chi connectivity index (χ1v) is 4.61. The quantitative estimate of drug-likeness (QED) is 0.484. The average molecular weight is 117 g/mol. The molecule has 0 heterocycles. The van der Waals surface area contributed by atoms with Gasteiger partial charge in [0.1, 0.15) is 17.9 Å². The van der Waals surface area contributed by atoms with Crippen LogP contribution in [0, 0.1) is 0 Å². The fraction of sp³-hybridized carbons (Fsp3) is 0.667. The molecule has 0 aromatic rings. The van der Waals surface area contributed by atoms with Gasteiger partial charge in [-0.2, -0.15) is 0 Å². The van der Waals surface area contributed by atoms with Crippen LogP contribution < -0.4 is 0 Å². The topological polar surface area (TPSA) is 0 Å². The molecule has 0 saturated heterocycles. The summed E-state index contributed by atoms with van der Waals surface area (Å²) in [7, 11) is 0.504. The summed E-state index contributed by atoms with van der Waals surface area (Å²) in [5, 5.41) is 2.25. The Hall–Kier alpha value is 0.0900. The molecule has 0 fully saturated rings. The lowest BCUT2D eigenvalue weighted by molar-refractivity contribution is 1.23. The minimum atomic E-state index is 0.504. The predicted octanol–water partition coefficient (Wildman–Crippen LogP) is 1.79. The molecule has 0 saturated carbocycles. The fourth-order valence-electron chi connectivity index (χ4n) is 0.289. The summed E-state index contributed by atoms with van der Waals surface area (Å²) in [6.45, 7) is 2.16. The van der Waals surface area contributed by atoms with Gasteiger partial charge < -0.3 is 0 Å². The Kier molecular flexibility index (Phi) is 4.31. The highest BCUT2D eigenvalue weighted by Gasteiger charge is 1.88. The summed E-state index contributed by atoms with van der Waals surface area (Å²) in [6.07, 6.45) is 7.81. The van der Waals surface area contributed by atoms with Gasteiger partial charge in [-0.3, -0.25) is 0 Å². The smallest absolute Gasteiger partial charge is 0.0617 e. The van der Waals surface area contributed by atoms with E-state index in [-0.39, 0.29) is 0 Å². The Morgan fingerprint density at radius 3 is 2.14 bits per heavy atom. The zero-order valence-corrected chi connectivity index (χ0v) is 6.09. The Balaban J connectivity index is 3.08. The third-order valence-corrected chi connectivity index (χ3v) is 1.34. The van der Waals surface area contributed by atoms with Crippen LogP contribution in [0.5, 0.6) is 0 Å². The Labute approximate surface area is 49.0 Å². The highest BCUT2D eigenvalue weighted by atomic mass is 32.2. The average Bonchev–Trinajstić information content (AvgIpc) is 1.61. The molecule has 0 atom stereocenters. The minimum absolute atomic E-state index is 0.504. The van der Waals surface area contributed by atoms with Crippen molar-refractivity contribution in [2.24, 2.45) is 0 Å². The van der Waals surface area contributed by atoms with E-state index in [1.165, 1.54) is 6.42 Å². The van der Waals surface area contributed by atoms with Crippen molar-refractivity contribution in [2.45, 2.75) is 13.3 Å². The van der Waals surface area contributed by atoms with Crippen LogP contribution in [0.3, 0.4) is 0 Å². The molecule has 0 aromatic carbocycles. The predicted molar refractivity (Wildman–Crippen MR) is 38.6 cm³/mol. The van der Waals surface area contributed by atoms with Crippen LogP contribution in [0.15, 0.2) is 11.5 Å². The Morgan fingerprint density at radius 2 is 2.00 bits per heavy atom. The van der Waals surface area contributed by atoms with Gasteiger partial charge in [-0.1, -0.05) is 6.92 Å². The van der Waals surface area contributed by atoms with Crippen molar-refractivity contribution < 1.29 is 0 Å². The molecule has 0 N–H and O–H groups in total. The summed E-state index contributed by atoms with van der Waals surface area (Å²) in [5.41, 5.74) is 0. The zero-order valence-electron chi connectivity index (χ0n) is 5.27. The molecule has 0 nitrogen and oxygen atoms in total. The monoisotopic (exact) mass is 117 g/mol. The van der Waals surface area contributed by atoms with E-state index in [2.05, 4.69) is 30.9 Å². The van der Waals surface area contributed by atoms with Crippen molar-refractivity contribution >= 4 is 10.9 Å². The van der Waals surface area contributed by atoms with Gasteiger partial charge in [0.05, 0.1) is 0 Å². The first-order chi connectivity index (χ1) is 3.27. The molecule has 0 bridgehead atoms. The van der Waals surface area contributed by atoms with E-state index in [0.29, 0.717) is 10.9 Å². The van der Waals surface area contributed by atoms with E-state index in [1.54, 1.807) is 0 Å². The maximum Gasteiger partial charge on any atom is 0.114 e. The van der Waals surface area contributed by atoms with Crippen molar-refractivity contribution in [3.63, 3.8) is 0 Å². The molecular weight excluding hydrogens is 104 g/mol. The van der Waals surface area contributed by atoms with Crippen molar-refractivity contribution in [3.8, 4) is 0 Å². The second-order valence-electron chi connectivity index (χ2n) is 1.66. The van der Waals surface area contributed by atoms with E-state index >= 15 is 0 Å². The summed E-state index contributed by atoms with van der Waals surface area (Å²) in [6, 6.07) is 0. The van der Waals surface area contributed by atoms with Gasteiger partial charge in [0, 0.05) is 10.9 Å². The largest absolute Gasteiger partial charge is 0.114 e. The number of hydrogen-bond acceptors (Lipinski definition) is 0. The van der Waals surface area contributed by atoms with Gasteiger partial charge in [0.2, 0.25) is 0 Å². The van der Waals surface area contributed by atoms with Crippen molar-refractivity contribution in [1.29, 1.82) is 0 Å². The third kappa shape index (κ3) is 6.09. The summed E-state index contributed by atoms with van der Waals surface area (Å²) in [4.78, 5) is 0. The molecule has 0 amide bonds. The van der Waals surface area contributed by atoms with Gasteiger partial charge in [-0.25, -0.2) is 0 Å². The van der Waals surface area contributed by atoms with Gasteiger partial charge in [0.15, 0.2) is 0 Å². The maximum absolute atomic E-state index is 2.25. The number of allylic oxidation sites excluding steroid dienone is 1. The summed E-state index contributed by atoms with van der Waals surface area (Å²) < 4.78 is 0. The fourth-order valence-corrected chi connectivity index (χ4v) is 0.866. The van der Waals surface area contributed by atoms with Crippen LogP contribution in [-0.4, -0.2) is 12.5 Å². The zero-order chi connectivity index (χ0) is 5.70. The number of rotatable bonds is 2. The molecule has 0 aromatic heterocycles. The summed E-state index contributed by atoms with van der Waals surface area (Å²) in [5.74, 6) is 0. The van der Waals surface area contributed by atoms with E-state index in [9.17, 15) is 0 Å². The second kappa shape index (κ2) is 4.25. The lowest BCUT2D eigenvalue weighted by Crippen LogP contribution is -1.84. The van der Waals surface area contributed by atoms with Gasteiger partial charge >= 0.3 is 0 Å². The van der Waals surface area contributed by atoms with Crippen LogP contribution in [0.1, 0.15) is 13.3 Å². The van der Waals surface area contributed by atoms with Gasteiger partial charge in [0.25, 0.3) is 0 Å². The molecular formula is C6H13S+. The maximum atomic E-state index is 2.25. The van der Waals surface area contributed by atoms with Crippen molar-refractivity contribution in [3.05, 3.63) is 11.5 Å². The Bertz CT molecular complexity index is 55.2.